The van der Waals surface area contributed by atoms with Crippen molar-refractivity contribution in [3.63, 3.8) is 0 Å². The summed E-state index contributed by atoms with van der Waals surface area (Å²) in [6, 6.07) is 4.62. The van der Waals surface area contributed by atoms with E-state index in [-0.39, 0.29) is 24.3 Å². The van der Waals surface area contributed by atoms with E-state index in [9.17, 15) is 22.8 Å². The highest BCUT2D eigenvalue weighted by atomic mass is 19.4. The van der Waals surface area contributed by atoms with Gasteiger partial charge in [-0.1, -0.05) is 6.58 Å². The van der Waals surface area contributed by atoms with Gasteiger partial charge in [0.2, 0.25) is 5.91 Å². The van der Waals surface area contributed by atoms with Gasteiger partial charge in [-0.15, -0.1) is 13.2 Å². The molecule has 0 spiro atoms. The highest BCUT2D eigenvalue weighted by Gasteiger charge is 2.31. The summed E-state index contributed by atoms with van der Waals surface area (Å²) in [7, 11) is 0. The summed E-state index contributed by atoms with van der Waals surface area (Å²) >= 11 is 0. The number of hydrogen-bond acceptors (Lipinski definition) is 4. The van der Waals surface area contributed by atoms with Gasteiger partial charge in [-0.2, -0.15) is 0 Å². The second kappa shape index (κ2) is 8.02. The molecule has 0 unspecified atom stereocenters. The molecule has 25 heavy (non-hydrogen) atoms. The Kier molecular flexibility index (Phi) is 6.02. The maximum Gasteiger partial charge on any atom is 0.573 e. The maximum absolute atomic E-state index is 12.1. The van der Waals surface area contributed by atoms with Crippen LogP contribution in [0.2, 0.25) is 0 Å². The highest BCUT2D eigenvalue weighted by Crippen LogP contribution is 2.24. The first-order valence-corrected chi connectivity index (χ1v) is 7.48. The van der Waals surface area contributed by atoms with Gasteiger partial charge < -0.3 is 20.1 Å². The molecule has 0 saturated carbocycles. The lowest BCUT2D eigenvalue weighted by Gasteiger charge is -2.28. The van der Waals surface area contributed by atoms with Gasteiger partial charge in [-0.05, 0) is 43.2 Å². The summed E-state index contributed by atoms with van der Waals surface area (Å²) in [5.41, 5.74) is 0.324. The van der Waals surface area contributed by atoms with Crippen LogP contribution < -0.4 is 15.4 Å². The van der Waals surface area contributed by atoms with Crippen molar-refractivity contribution in [2.24, 2.45) is 0 Å². The van der Waals surface area contributed by atoms with E-state index in [0.717, 1.165) is 18.2 Å². The van der Waals surface area contributed by atoms with Crippen LogP contribution in [0.4, 0.5) is 18.9 Å². The third kappa shape index (κ3) is 6.11. The molecular formula is C16H17F3N2O4. The van der Waals surface area contributed by atoms with Crippen LogP contribution in [0.15, 0.2) is 36.9 Å². The number of amides is 2. The molecule has 1 saturated heterocycles. The van der Waals surface area contributed by atoms with E-state index in [1.807, 2.05) is 0 Å². The van der Waals surface area contributed by atoms with Gasteiger partial charge >= 0.3 is 6.36 Å². The Balaban J connectivity index is 1.82. The Labute approximate surface area is 142 Å². The first kappa shape index (κ1) is 18.8. The summed E-state index contributed by atoms with van der Waals surface area (Å²) in [6.07, 6.45) is -3.33. The van der Waals surface area contributed by atoms with E-state index in [1.54, 1.807) is 0 Å². The molecule has 1 aromatic rings. The maximum atomic E-state index is 12.1. The molecule has 0 aliphatic carbocycles. The quantitative estimate of drug-likeness (QED) is 0.793. The Morgan fingerprint density at radius 1 is 1.24 bits per heavy atom. The molecule has 1 heterocycles. The van der Waals surface area contributed by atoms with Gasteiger partial charge in [0.1, 0.15) is 11.9 Å². The highest BCUT2D eigenvalue weighted by molar-refractivity contribution is 5.94. The van der Waals surface area contributed by atoms with Crippen molar-refractivity contribution in [1.29, 1.82) is 0 Å². The number of alkyl halides is 3. The van der Waals surface area contributed by atoms with Gasteiger partial charge in [0.25, 0.3) is 5.91 Å². The van der Waals surface area contributed by atoms with Crippen molar-refractivity contribution in [2.45, 2.75) is 31.3 Å². The molecule has 9 heteroatoms. The lowest BCUT2D eigenvalue weighted by Crippen LogP contribution is -2.45. The minimum Gasteiger partial charge on any atom is -0.406 e. The topological polar surface area (TPSA) is 76.7 Å². The number of rotatable bonds is 5. The second-order valence-electron chi connectivity index (χ2n) is 5.37. The average Bonchev–Trinajstić information content (AvgIpc) is 2.56. The summed E-state index contributed by atoms with van der Waals surface area (Å²) < 4.78 is 45.4. The summed E-state index contributed by atoms with van der Waals surface area (Å²) in [5, 5.41) is 5.25. The molecule has 0 radical (unpaired) electrons. The fourth-order valence-corrected chi connectivity index (χ4v) is 2.29. The van der Waals surface area contributed by atoms with E-state index in [0.29, 0.717) is 18.5 Å². The molecule has 136 valence electrons. The molecule has 1 aliphatic heterocycles. The number of carbonyl (C=O) groups excluding carboxylic acids is 2. The lowest BCUT2D eigenvalue weighted by molar-refractivity contribution is -0.274. The van der Waals surface area contributed by atoms with Crippen LogP contribution >= 0.6 is 0 Å². The number of nitrogens with one attached hydrogen (secondary N) is 2. The minimum atomic E-state index is -4.77. The Hall–Kier alpha value is -2.55. The molecule has 0 aromatic heterocycles. The molecule has 1 aliphatic rings. The monoisotopic (exact) mass is 358 g/mol. The Bertz CT molecular complexity index is 623. The van der Waals surface area contributed by atoms with Crippen molar-refractivity contribution >= 4 is 17.5 Å². The van der Waals surface area contributed by atoms with Crippen LogP contribution in [-0.4, -0.2) is 36.9 Å². The van der Waals surface area contributed by atoms with Crippen LogP contribution in [0.25, 0.3) is 0 Å². The number of carbonyl (C=O) groups is 2. The van der Waals surface area contributed by atoms with E-state index in [4.69, 9.17) is 4.74 Å². The van der Waals surface area contributed by atoms with Crippen molar-refractivity contribution in [3.05, 3.63) is 36.9 Å². The third-order valence-electron chi connectivity index (χ3n) is 3.46. The van der Waals surface area contributed by atoms with Crippen molar-refractivity contribution in [3.8, 4) is 5.75 Å². The van der Waals surface area contributed by atoms with Crippen LogP contribution in [0.3, 0.4) is 0 Å². The molecule has 2 amide bonds. The first-order chi connectivity index (χ1) is 11.8. The zero-order valence-corrected chi connectivity index (χ0v) is 13.1. The van der Waals surface area contributed by atoms with Gasteiger partial charge in [0.05, 0.1) is 12.6 Å². The van der Waals surface area contributed by atoms with Crippen LogP contribution in [0.5, 0.6) is 5.75 Å². The smallest absolute Gasteiger partial charge is 0.406 e. The van der Waals surface area contributed by atoms with Gasteiger partial charge in [-0.25, -0.2) is 0 Å². The van der Waals surface area contributed by atoms with E-state index in [1.165, 1.54) is 12.1 Å². The fraction of sp³-hybridized carbons (Fsp3) is 0.375. The molecular weight excluding hydrogens is 341 g/mol. The zero-order valence-electron chi connectivity index (χ0n) is 13.1. The predicted molar refractivity (Wildman–Crippen MR) is 82.9 cm³/mol. The Morgan fingerprint density at radius 2 is 1.92 bits per heavy atom. The number of hydrogen-bond donors (Lipinski definition) is 2. The van der Waals surface area contributed by atoms with Gasteiger partial charge in [-0.3, -0.25) is 9.59 Å². The number of ether oxygens (including phenoxy) is 2. The zero-order chi connectivity index (χ0) is 18.4. The van der Waals surface area contributed by atoms with Crippen molar-refractivity contribution < 1.29 is 32.2 Å². The summed E-state index contributed by atoms with van der Waals surface area (Å²) in [5.74, 6) is -1.09. The van der Waals surface area contributed by atoms with Crippen LogP contribution in [0.1, 0.15) is 12.8 Å². The Morgan fingerprint density at radius 3 is 2.44 bits per heavy atom. The SMILES string of the molecule is C=CC(=O)N[C@@H]1CC[C@@H](C(=O)Nc2ccc(OC(F)(F)F)cc2)OC1. The van der Waals surface area contributed by atoms with Crippen molar-refractivity contribution in [2.75, 3.05) is 11.9 Å². The van der Waals surface area contributed by atoms with E-state index < -0.39 is 18.4 Å². The van der Waals surface area contributed by atoms with Crippen LogP contribution in [0, 0.1) is 0 Å². The first-order valence-electron chi connectivity index (χ1n) is 7.48. The van der Waals surface area contributed by atoms with Gasteiger partial charge in [0, 0.05) is 5.69 Å². The predicted octanol–water partition coefficient (Wildman–Crippen LogP) is 2.37. The number of halogens is 3. The largest absolute Gasteiger partial charge is 0.573 e. The molecule has 2 N–H and O–H groups in total. The summed E-state index contributed by atoms with van der Waals surface area (Å²) in [4.78, 5) is 23.3. The van der Waals surface area contributed by atoms with Crippen LogP contribution in [-0.2, 0) is 14.3 Å². The molecule has 2 rings (SSSR count). The van der Waals surface area contributed by atoms with Gasteiger partial charge in [0.15, 0.2) is 0 Å². The van der Waals surface area contributed by atoms with E-state index in [2.05, 4.69) is 21.9 Å². The minimum absolute atomic E-state index is 0.187. The summed E-state index contributed by atoms with van der Waals surface area (Å²) in [6.45, 7) is 3.54. The standard InChI is InChI=1S/C16H17F3N2O4/c1-2-14(22)20-11-5-8-13(24-9-11)15(23)21-10-3-6-12(7-4-10)25-16(17,18)19/h2-4,6-7,11,13H,1,5,8-9H2,(H,20,22)(H,21,23)/t11-,13+/m1/s1. The fourth-order valence-electron chi connectivity index (χ4n) is 2.29. The number of anilines is 1. The lowest BCUT2D eigenvalue weighted by atomic mass is 10.0. The molecule has 2 atom stereocenters. The molecule has 6 nitrogen and oxygen atoms in total. The third-order valence-corrected chi connectivity index (χ3v) is 3.46. The normalized spacial score (nSPS) is 20.4. The molecule has 0 bridgehead atoms. The molecule has 1 aromatic carbocycles. The van der Waals surface area contributed by atoms with Crippen molar-refractivity contribution in [1.82, 2.24) is 5.32 Å². The second-order valence-corrected chi connectivity index (χ2v) is 5.37. The number of benzene rings is 1. The molecule has 1 fully saturated rings. The average molecular weight is 358 g/mol. The van der Waals surface area contributed by atoms with E-state index >= 15 is 0 Å².